The average Bonchev–Trinajstić information content (AvgIpc) is 2.31. The molecule has 0 aliphatic carbocycles. The first-order valence-electron chi connectivity index (χ1n) is 4.89. The molecule has 0 saturated carbocycles. The van der Waals surface area contributed by atoms with Gasteiger partial charge in [0.25, 0.3) is 0 Å². The topological polar surface area (TPSA) is 41.8 Å². The molecule has 1 atom stereocenters. The molecule has 4 heteroatoms. The van der Waals surface area contributed by atoms with Crippen LogP contribution in [0.2, 0.25) is 0 Å². The van der Waals surface area contributed by atoms with E-state index in [1.165, 1.54) is 12.1 Å². The lowest BCUT2D eigenvalue weighted by atomic mass is 10.1. The third kappa shape index (κ3) is 3.17. The van der Waals surface area contributed by atoms with Crippen LogP contribution in [-0.4, -0.2) is 23.6 Å². The fourth-order valence-electron chi connectivity index (χ4n) is 1.13. The van der Waals surface area contributed by atoms with Gasteiger partial charge in [-0.2, -0.15) is 0 Å². The van der Waals surface area contributed by atoms with Crippen LogP contribution in [0.1, 0.15) is 12.5 Å². The molecule has 1 aromatic carbocycles. The maximum absolute atomic E-state index is 13.4. The molecule has 0 amide bonds. The molecule has 1 rings (SSSR count). The van der Waals surface area contributed by atoms with Crippen molar-refractivity contribution in [2.45, 2.75) is 13.0 Å². The second kappa shape index (κ2) is 6.02. The van der Waals surface area contributed by atoms with E-state index in [1.807, 2.05) is 0 Å². The van der Waals surface area contributed by atoms with E-state index in [1.54, 1.807) is 25.1 Å². The third-order valence-electron chi connectivity index (χ3n) is 2.12. The van der Waals surface area contributed by atoms with Crippen molar-refractivity contribution < 1.29 is 14.3 Å². The van der Waals surface area contributed by atoms with Crippen LogP contribution in [0.15, 0.2) is 42.1 Å². The summed E-state index contributed by atoms with van der Waals surface area (Å²) in [7, 11) is 0. The minimum Gasteiger partial charge on any atom is -0.411 e. The number of rotatable bonds is 5. The van der Waals surface area contributed by atoms with Crippen LogP contribution in [0.5, 0.6) is 0 Å². The molecule has 0 saturated heterocycles. The molecule has 3 nitrogen and oxygen atoms in total. The number of hydrogen-bond acceptors (Lipinski definition) is 3. The normalized spacial score (nSPS) is 13.5. The molecule has 1 unspecified atom stereocenters. The van der Waals surface area contributed by atoms with Crippen LogP contribution in [0.4, 0.5) is 4.39 Å². The van der Waals surface area contributed by atoms with Gasteiger partial charge in [0.05, 0.1) is 12.7 Å². The Balaban J connectivity index is 2.77. The first-order chi connectivity index (χ1) is 7.69. The lowest BCUT2D eigenvalue weighted by Gasteiger charge is -2.10. The Kier molecular flexibility index (Phi) is 4.66. The summed E-state index contributed by atoms with van der Waals surface area (Å²) in [5.74, 6) is -0.440. The highest BCUT2D eigenvalue weighted by molar-refractivity contribution is 6.01. The van der Waals surface area contributed by atoms with Crippen molar-refractivity contribution in [2.75, 3.05) is 6.61 Å². The largest absolute Gasteiger partial charge is 0.411 e. The first kappa shape index (κ1) is 12.4. The second-order valence-electron chi connectivity index (χ2n) is 3.28. The summed E-state index contributed by atoms with van der Waals surface area (Å²) in [6.45, 7) is 5.38. The van der Waals surface area contributed by atoms with Crippen LogP contribution < -0.4 is 0 Å². The molecule has 1 aromatic rings. The molecule has 0 aromatic heterocycles. The fraction of sp³-hybridized carbons (Fsp3) is 0.250. The van der Waals surface area contributed by atoms with Crippen molar-refractivity contribution >= 4 is 5.71 Å². The van der Waals surface area contributed by atoms with Gasteiger partial charge < -0.3 is 9.94 Å². The Labute approximate surface area is 93.9 Å². The maximum Gasteiger partial charge on any atom is 0.132 e. The number of hydrogen-bond donors (Lipinski definition) is 1. The SMILES string of the molecule is C=CC(C)OC/C(=N\O)c1ccccc1F. The minimum absolute atomic E-state index is 0.0324. The number of oxime groups is 1. The third-order valence-corrected chi connectivity index (χ3v) is 2.12. The number of benzene rings is 1. The van der Waals surface area contributed by atoms with Gasteiger partial charge in [0, 0.05) is 5.56 Å². The summed E-state index contributed by atoms with van der Waals surface area (Å²) >= 11 is 0. The summed E-state index contributed by atoms with van der Waals surface area (Å²) in [5.41, 5.74) is 0.396. The van der Waals surface area contributed by atoms with Gasteiger partial charge >= 0.3 is 0 Å². The molecule has 0 aliphatic heterocycles. The minimum atomic E-state index is -0.440. The van der Waals surface area contributed by atoms with Gasteiger partial charge in [-0.1, -0.05) is 23.4 Å². The molecule has 0 fully saturated rings. The molecule has 86 valence electrons. The molecule has 16 heavy (non-hydrogen) atoms. The number of ether oxygens (including phenoxy) is 1. The summed E-state index contributed by atoms with van der Waals surface area (Å²) in [5, 5.41) is 11.8. The van der Waals surface area contributed by atoms with E-state index in [9.17, 15) is 4.39 Å². The van der Waals surface area contributed by atoms with Gasteiger partial charge in [-0.25, -0.2) is 4.39 Å². The van der Waals surface area contributed by atoms with E-state index < -0.39 is 5.82 Å². The average molecular weight is 223 g/mol. The molecule has 1 N–H and O–H groups in total. The highest BCUT2D eigenvalue weighted by Gasteiger charge is 2.10. The monoisotopic (exact) mass is 223 g/mol. The lowest BCUT2D eigenvalue weighted by molar-refractivity contribution is 0.130. The van der Waals surface area contributed by atoms with Crippen LogP contribution in [0, 0.1) is 5.82 Å². The molecular weight excluding hydrogens is 209 g/mol. The highest BCUT2D eigenvalue weighted by atomic mass is 19.1. The maximum atomic E-state index is 13.4. The summed E-state index contributed by atoms with van der Waals surface area (Å²) in [4.78, 5) is 0. The number of halogens is 1. The zero-order valence-corrected chi connectivity index (χ0v) is 9.06. The van der Waals surface area contributed by atoms with Crippen molar-refractivity contribution in [1.82, 2.24) is 0 Å². The first-order valence-corrected chi connectivity index (χ1v) is 4.89. The van der Waals surface area contributed by atoms with Crippen LogP contribution >= 0.6 is 0 Å². The van der Waals surface area contributed by atoms with Gasteiger partial charge in [0.15, 0.2) is 0 Å². The Morgan fingerprint density at radius 3 is 2.88 bits per heavy atom. The molecule has 0 spiro atoms. The molecular formula is C12H14FNO2. The van der Waals surface area contributed by atoms with Crippen molar-refractivity contribution in [3.8, 4) is 0 Å². The van der Waals surface area contributed by atoms with Crippen molar-refractivity contribution in [3.63, 3.8) is 0 Å². The van der Waals surface area contributed by atoms with Gasteiger partial charge in [-0.15, -0.1) is 6.58 Å². The van der Waals surface area contributed by atoms with Crippen molar-refractivity contribution in [2.24, 2.45) is 5.16 Å². The summed E-state index contributed by atoms with van der Waals surface area (Å²) < 4.78 is 18.6. The second-order valence-corrected chi connectivity index (χ2v) is 3.28. The van der Waals surface area contributed by atoms with Gasteiger partial charge in [0.2, 0.25) is 0 Å². The Morgan fingerprint density at radius 1 is 1.62 bits per heavy atom. The zero-order chi connectivity index (χ0) is 12.0. The Hall–Kier alpha value is -1.68. The Morgan fingerprint density at radius 2 is 2.31 bits per heavy atom. The van der Waals surface area contributed by atoms with E-state index in [0.717, 1.165) is 0 Å². The van der Waals surface area contributed by atoms with Crippen LogP contribution in [-0.2, 0) is 4.74 Å². The van der Waals surface area contributed by atoms with E-state index in [2.05, 4.69) is 11.7 Å². The standard InChI is InChI=1S/C12H14FNO2/c1-3-9(2)16-8-12(14-15)10-6-4-5-7-11(10)13/h3-7,9,15H,1,8H2,2H3/b14-12+. The molecule has 0 radical (unpaired) electrons. The zero-order valence-electron chi connectivity index (χ0n) is 9.06. The summed E-state index contributed by atoms with van der Waals surface area (Å²) in [6, 6.07) is 6.07. The van der Waals surface area contributed by atoms with E-state index in [-0.39, 0.29) is 24.0 Å². The van der Waals surface area contributed by atoms with Gasteiger partial charge in [0.1, 0.15) is 11.5 Å². The van der Waals surface area contributed by atoms with Gasteiger partial charge in [-0.05, 0) is 19.1 Å². The smallest absolute Gasteiger partial charge is 0.132 e. The van der Waals surface area contributed by atoms with Gasteiger partial charge in [-0.3, -0.25) is 0 Å². The highest BCUT2D eigenvalue weighted by Crippen LogP contribution is 2.09. The van der Waals surface area contributed by atoms with Crippen molar-refractivity contribution in [3.05, 3.63) is 48.3 Å². The van der Waals surface area contributed by atoms with Crippen molar-refractivity contribution in [1.29, 1.82) is 0 Å². The molecule has 0 bridgehead atoms. The lowest BCUT2D eigenvalue weighted by Crippen LogP contribution is -2.16. The Bertz CT molecular complexity index is 390. The molecule has 0 heterocycles. The molecule has 0 aliphatic rings. The van der Waals surface area contributed by atoms with E-state index >= 15 is 0 Å². The van der Waals surface area contributed by atoms with Crippen LogP contribution in [0.25, 0.3) is 0 Å². The number of nitrogens with zero attached hydrogens (tertiary/aromatic N) is 1. The predicted octanol–water partition coefficient (Wildman–Crippen LogP) is 2.60. The summed E-state index contributed by atoms with van der Waals surface area (Å²) in [6.07, 6.45) is 1.43. The van der Waals surface area contributed by atoms with Crippen LogP contribution in [0.3, 0.4) is 0 Å². The predicted molar refractivity (Wildman–Crippen MR) is 60.3 cm³/mol. The van der Waals surface area contributed by atoms with E-state index in [4.69, 9.17) is 9.94 Å². The van der Waals surface area contributed by atoms with E-state index in [0.29, 0.717) is 0 Å². The quantitative estimate of drug-likeness (QED) is 0.361. The fourth-order valence-corrected chi connectivity index (χ4v) is 1.13.